The fourth-order valence-corrected chi connectivity index (χ4v) is 2.12. The molecule has 0 bridgehead atoms. The topological polar surface area (TPSA) is 73.9 Å². The predicted octanol–water partition coefficient (Wildman–Crippen LogP) is 1.07. The van der Waals surface area contributed by atoms with Gasteiger partial charge in [-0.2, -0.15) is 5.26 Å². The zero-order valence-corrected chi connectivity index (χ0v) is 11.0. The second kappa shape index (κ2) is 6.32. The lowest BCUT2D eigenvalue weighted by Gasteiger charge is -2.14. The van der Waals surface area contributed by atoms with E-state index in [1.807, 2.05) is 35.8 Å². The van der Waals surface area contributed by atoms with Crippen LogP contribution >= 0.6 is 0 Å². The molecule has 5 heteroatoms. The van der Waals surface area contributed by atoms with E-state index in [1.165, 1.54) is 0 Å². The molecule has 0 aliphatic carbocycles. The van der Waals surface area contributed by atoms with Gasteiger partial charge in [0.2, 0.25) is 0 Å². The number of para-hydroxylation sites is 2. The van der Waals surface area contributed by atoms with Crippen LogP contribution in [0.2, 0.25) is 0 Å². The van der Waals surface area contributed by atoms with Crippen molar-refractivity contribution in [2.24, 2.45) is 0 Å². The molecule has 19 heavy (non-hydrogen) atoms. The van der Waals surface area contributed by atoms with E-state index < -0.39 is 6.10 Å². The van der Waals surface area contributed by atoms with Gasteiger partial charge in [-0.05, 0) is 18.7 Å². The third-order valence-corrected chi connectivity index (χ3v) is 2.99. The summed E-state index contributed by atoms with van der Waals surface area (Å²) in [7, 11) is 0. The number of hydrogen-bond donors (Lipinski definition) is 2. The highest BCUT2D eigenvalue weighted by Crippen LogP contribution is 2.16. The molecular weight excluding hydrogens is 240 g/mol. The van der Waals surface area contributed by atoms with Gasteiger partial charge in [0.05, 0.1) is 36.2 Å². The summed E-state index contributed by atoms with van der Waals surface area (Å²) in [5.41, 5.74) is 1.83. The molecule has 0 aliphatic rings. The number of benzene rings is 1. The number of rotatable bonds is 6. The summed E-state index contributed by atoms with van der Waals surface area (Å²) < 4.78 is 1.93. The smallest absolute Gasteiger partial charge is 0.124 e. The number of aromatic nitrogens is 2. The van der Waals surface area contributed by atoms with E-state index in [0.717, 1.165) is 17.6 Å². The van der Waals surface area contributed by atoms with Crippen molar-refractivity contribution in [3.63, 3.8) is 0 Å². The summed E-state index contributed by atoms with van der Waals surface area (Å²) in [4.78, 5) is 4.44. The molecule has 0 fully saturated rings. The molecule has 2 aromatic rings. The van der Waals surface area contributed by atoms with Gasteiger partial charge in [0.15, 0.2) is 0 Å². The minimum Gasteiger partial charge on any atom is -0.390 e. The molecule has 1 aromatic carbocycles. The van der Waals surface area contributed by atoms with Crippen LogP contribution in [0.3, 0.4) is 0 Å². The first-order valence-corrected chi connectivity index (χ1v) is 6.46. The van der Waals surface area contributed by atoms with E-state index in [9.17, 15) is 5.11 Å². The Morgan fingerprint density at radius 1 is 1.47 bits per heavy atom. The van der Waals surface area contributed by atoms with E-state index in [2.05, 4.69) is 16.4 Å². The van der Waals surface area contributed by atoms with Gasteiger partial charge in [0, 0.05) is 6.54 Å². The maximum absolute atomic E-state index is 10.0. The van der Waals surface area contributed by atoms with Crippen LogP contribution in [0.4, 0.5) is 0 Å². The second-order valence-electron chi connectivity index (χ2n) is 4.42. The van der Waals surface area contributed by atoms with E-state index in [-0.39, 0.29) is 6.42 Å². The first kappa shape index (κ1) is 13.5. The molecule has 0 radical (unpaired) electrons. The maximum atomic E-state index is 10.0. The zero-order valence-electron chi connectivity index (χ0n) is 11.0. The Balaban J connectivity index is 2.28. The highest BCUT2D eigenvalue weighted by Gasteiger charge is 2.13. The highest BCUT2D eigenvalue weighted by atomic mass is 16.3. The molecule has 0 spiro atoms. The molecule has 100 valence electrons. The van der Waals surface area contributed by atoms with Crippen molar-refractivity contribution in [3.8, 4) is 6.07 Å². The van der Waals surface area contributed by atoms with Crippen LogP contribution in [0.25, 0.3) is 11.0 Å². The van der Waals surface area contributed by atoms with Gasteiger partial charge in [0.25, 0.3) is 0 Å². The van der Waals surface area contributed by atoms with Crippen LogP contribution in [-0.4, -0.2) is 33.9 Å². The van der Waals surface area contributed by atoms with Gasteiger partial charge >= 0.3 is 0 Å². The summed E-state index contributed by atoms with van der Waals surface area (Å²) in [5.74, 6) is 0.708. The average molecular weight is 258 g/mol. The first-order valence-electron chi connectivity index (χ1n) is 6.46. The lowest BCUT2D eigenvalue weighted by atomic mass is 10.3. The maximum Gasteiger partial charge on any atom is 0.124 e. The number of likely N-dealkylation sites (N-methyl/N-ethyl adjacent to an activating group) is 1. The Bertz CT molecular complexity index is 585. The van der Waals surface area contributed by atoms with Gasteiger partial charge in [-0.3, -0.25) is 0 Å². The number of hydrogen-bond acceptors (Lipinski definition) is 4. The molecule has 0 saturated heterocycles. The summed E-state index contributed by atoms with van der Waals surface area (Å²) in [6.07, 6.45) is -0.238. The molecule has 5 nitrogen and oxygen atoms in total. The van der Waals surface area contributed by atoms with Crippen molar-refractivity contribution in [2.75, 3.05) is 13.1 Å². The number of nitriles is 1. The first-order chi connectivity index (χ1) is 9.26. The number of aliphatic hydroxyl groups is 1. The van der Waals surface area contributed by atoms with Crippen molar-refractivity contribution >= 4 is 11.0 Å². The highest BCUT2D eigenvalue weighted by molar-refractivity contribution is 5.76. The summed E-state index contributed by atoms with van der Waals surface area (Å²) in [6.45, 7) is 3.81. The van der Waals surface area contributed by atoms with Crippen LogP contribution in [0, 0.1) is 11.3 Å². The third kappa shape index (κ3) is 3.11. The van der Waals surface area contributed by atoms with Gasteiger partial charge in [0.1, 0.15) is 5.82 Å². The van der Waals surface area contributed by atoms with Crippen LogP contribution in [0.1, 0.15) is 12.7 Å². The van der Waals surface area contributed by atoms with E-state index in [4.69, 9.17) is 5.26 Å². The van der Waals surface area contributed by atoms with Crippen LogP contribution in [0.5, 0.6) is 0 Å². The van der Waals surface area contributed by atoms with Crippen LogP contribution in [-0.2, 0) is 13.0 Å². The predicted molar refractivity (Wildman–Crippen MR) is 73.6 cm³/mol. The lowest BCUT2D eigenvalue weighted by molar-refractivity contribution is 0.152. The number of imidazole rings is 1. The quantitative estimate of drug-likeness (QED) is 0.813. The number of aliphatic hydroxyl groups excluding tert-OH is 1. The average Bonchev–Trinajstić information content (AvgIpc) is 2.75. The molecule has 0 saturated carbocycles. The minimum absolute atomic E-state index is 0.253. The molecule has 1 unspecified atom stereocenters. The lowest BCUT2D eigenvalue weighted by Crippen LogP contribution is -2.30. The van der Waals surface area contributed by atoms with Gasteiger partial charge in [-0.15, -0.1) is 0 Å². The molecule has 1 atom stereocenters. The van der Waals surface area contributed by atoms with Crippen LogP contribution < -0.4 is 5.32 Å². The van der Waals surface area contributed by atoms with Crippen LogP contribution in [0.15, 0.2) is 24.3 Å². The van der Waals surface area contributed by atoms with Crippen molar-refractivity contribution in [1.82, 2.24) is 14.9 Å². The normalized spacial score (nSPS) is 12.5. The van der Waals surface area contributed by atoms with Gasteiger partial charge in [-0.1, -0.05) is 19.1 Å². The van der Waals surface area contributed by atoms with E-state index in [0.29, 0.717) is 18.9 Å². The number of nitrogens with one attached hydrogen (secondary N) is 1. The monoisotopic (exact) mass is 258 g/mol. The summed E-state index contributed by atoms with van der Waals surface area (Å²) in [6, 6.07) is 9.86. The van der Waals surface area contributed by atoms with Crippen molar-refractivity contribution in [1.29, 1.82) is 5.26 Å². The van der Waals surface area contributed by atoms with Crippen molar-refractivity contribution in [3.05, 3.63) is 30.1 Å². The summed E-state index contributed by atoms with van der Waals surface area (Å²) >= 11 is 0. The van der Waals surface area contributed by atoms with Gasteiger partial charge in [-0.25, -0.2) is 4.98 Å². The van der Waals surface area contributed by atoms with Crippen molar-refractivity contribution < 1.29 is 5.11 Å². The standard InChI is InChI=1S/C14H18N4O/c1-2-16-9-11(19)10-18-13-6-4-3-5-12(13)17-14(18)7-8-15/h3-6,11,16,19H,2,7,9-10H2,1H3. The molecule has 0 amide bonds. The Morgan fingerprint density at radius 2 is 2.26 bits per heavy atom. The largest absolute Gasteiger partial charge is 0.390 e. The molecule has 2 N–H and O–H groups in total. The molecule has 1 heterocycles. The Hall–Kier alpha value is -1.90. The SMILES string of the molecule is CCNCC(O)Cn1c(CC#N)nc2ccccc21. The molecule has 0 aliphatic heterocycles. The fourth-order valence-electron chi connectivity index (χ4n) is 2.12. The Morgan fingerprint density at radius 3 is 3.00 bits per heavy atom. The Labute approximate surface area is 112 Å². The Kier molecular flexibility index (Phi) is 4.50. The molecule has 2 rings (SSSR count). The van der Waals surface area contributed by atoms with E-state index >= 15 is 0 Å². The summed E-state index contributed by atoms with van der Waals surface area (Å²) in [5, 5.41) is 22.0. The fraction of sp³-hybridized carbons (Fsp3) is 0.429. The molecule has 1 aromatic heterocycles. The molecular formula is C14H18N4O. The number of fused-ring (bicyclic) bond motifs is 1. The minimum atomic E-state index is -0.491. The zero-order chi connectivity index (χ0) is 13.7. The van der Waals surface area contributed by atoms with Crippen molar-refractivity contribution in [2.45, 2.75) is 26.0 Å². The van der Waals surface area contributed by atoms with E-state index in [1.54, 1.807) is 0 Å². The van der Waals surface area contributed by atoms with Gasteiger partial charge < -0.3 is 15.0 Å². The second-order valence-corrected chi connectivity index (χ2v) is 4.42. The number of nitrogens with zero attached hydrogens (tertiary/aromatic N) is 3. The third-order valence-electron chi connectivity index (χ3n) is 2.99.